The van der Waals surface area contributed by atoms with Crippen LogP contribution in [0.3, 0.4) is 0 Å². The fraction of sp³-hybridized carbons (Fsp3) is 0.211. The Morgan fingerprint density at radius 2 is 2.00 bits per heavy atom. The maximum Gasteiger partial charge on any atom is 0.318 e. The Morgan fingerprint density at radius 3 is 2.71 bits per heavy atom. The Bertz CT molecular complexity index is 730. The van der Waals surface area contributed by atoms with Crippen molar-refractivity contribution in [2.45, 2.75) is 26.6 Å². The fourth-order valence-corrected chi connectivity index (χ4v) is 3.19. The molecule has 2 heterocycles. The molecule has 0 radical (unpaired) electrons. The number of urea groups is 1. The summed E-state index contributed by atoms with van der Waals surface area (Å²) in [6.07, 6.45) is 1.63. The molecule has 3 rings (SSSR count). The van der Waals surface area contributed by atoms with Crippen LogP contribution in [0.15, 0.2) is 64.6 Å². The Kier molecular flexibility index (Phi) is 5.33. The van der Waals surface area contributed by atoms with E-state index in [1.54, 1.807) is 22.5 Å². The second-order valence-electron chi connectivity index (χ2n) is 5.60. The first kappa shape index (κ1) is 16.3. The summed E-state index contributed by atoms with van der Waals surface area (Å²) in [5, 5.41) is 5.03. The van der Waals surface area contributed by atoms with Gasteiger partial charge in [0.05, 0.1) is 19.4 Å². The number of hydrogen-bond acceptors (Lipinski definition) is 3. The Labute approximate surface area is 145 Å². The molecular formula is C19H20N2O2S. The standard InChI is InChI=1S/C19H20N2O2S/c1-15-6-2-3-7-16(15)12-20-19(22)21(13-17-8-4-10-23-17)14-18-9-5-11-24-18/h2-11H,12-14H2,1H3,(H,20,22). The maximum absolute atomic E-state index is 12.7. The molecule has 0 spiro atoms. The molecule has 1 aromatic carbocycles. The Balaban J connectivity index is 1.67. The van der Waals surface area contributed by atoms with Crippen molar-refractivity contribution in [3.63, 3.8) is 0 Å². The van der Waals surface area contributed by atoms with Gasteiger partial charge in [-0.1, -0.05) is 30.3 Å². The van der Waals surface area contributed by atoms with Gasteiger partial charge in [-0.2, -0.15) is 0 Å². The van der Waals surface area contributed by atoms with Crippen molar-refractivity contribution in [2.24, 2.45) is 0 Å². The molecule has 24 heavy (non-hydrogen) atoms. The fourth-order valence-electron chi connectivity index (χ4n) is 2.47. The predicted molar refractivity (Wildman–Crippen MR) is 95.7 cm³/mol. The smallest absolute Gasteiger partial charge is 0.318 e. The molecule has 0 unspecified atom stereocenters. The number of thiophene rings is 1. The van der Waals surface area contributed by atoms with Crippen LogP contribution in [0, 0.1) is 6.92 Å². The molecule has 1 N–H and O–H groups in total. The first-order chi connectivity index (χ1) is 11.7. The zero-order valence-corrected chi connectivity index (χ0v) is 14.4. The van der Waals surface area contributed by atoms with Gasteiger partial charge < -0.3 is 14.6 Å². The van der Waals surface area contributed by atoms with Crippen LogP contribution in [0.4, 0.5) is 4.79 Å². The minimum Gasteiger partial charge on any atom is -0.467 e. The monoisotopic (exact) mass is 340 g/mol. The van der Waals surface area contributed by atoms with Gasteiger partial charge in [-0.15, -0.1) is 11.3 Å². The molecule has 0 aliphatic carbocycles. The van der Waals surface area contributed by atoms with Gasteiger partial charge in [0.2, 0.25) is 0 Å². The van der Waals surface area contributed by atoms with E-state index in [0.29, 0.717) is 19.6 Å². The molecule has 0 saturated heterocycles. The third-order valence-corrected chi connectivity index (χ3v) is 4.69. The van der Waals surface area contributed by atoms with Gasteiger partial charge in [-0.3, -0.25) is 0 Å². The van der Waals surface area contributed by atoms with Crippen molar-refractivity contribution < 1.29 is 9.21 Å². The molecule has 0 atom stereocenters. The number of aryl methyl sites for hydroxylation is 1. The highest BCUT2D eigenvalue weighted by molar-refractivity contribution is 7.09. The van der Waals surface area contributed by atoms with Crippen LogP contribution >= 0.6 is 11.3 Å². The van der Waals surface area contributed by atoms with Gasteiger partial charge in [0.15, 0.2) is 0 Å². The van der Waals surface area contributed by atoms with E-state index in [1.165, 1.54) is 5.56 Å². The molecule has 4 nitrogen and oxygen atoms in total. The van der Waals surface area contributed by atoms with Crippen LogP contribution in [-0.4, -0.2) is 10.9 Å². The number of nitrogens with one attached hydrogen (secondary N) is 1. The zero-order chi connectivity index (χ0) is 16.8. The maximum atomic E-state index is 12.7. The molecule has 124 valence electrons. The second-order valence-corrected chi connectivity index (χ2v) is 6.63. The van der Waals surface area contributed by atoms with E-state index >= 15 is 0 Å². The Hall–Kier alpha value is -2.53. The molecule has 0 saturated carbocycles. The molecular weight excluding hydrogens is 320 g/mol. The number of amides is 2. The minimum atomic E-state index is -0.0944. The van der Waals surface area contributed by atoms with Crippen LogP contribution in [0.2, 0.25) is 0 Å². The van der Waals surface area contributed by atoms with Gasteiger partial charge in [0.1, 0.15) is 5.76 Å². The summed E-state index contributed by atoms with van der Waals surface area (Å²) in [4.78, 5) is 15.6. The van der Waals surface area contributed by atoms with Crippen LogP contribution in [-0.2, 0) is 19.6 Å². The summed E-state index contributed by atoms with van der Waals surface area (Å²) in [5.74, 6) is 0.776. The van der Waals surface area contributed by atoms with E-state index in [1.807, 2.05) is 60.8 Å². The molecule has 0 fully saturated rings. The molecule has 3 aromatic rings. The highest BCUT2D eigenvalue weighted by Gasteiger charge is 2.16. The number of benzene rings is 1. The second kappa shape index (κ2) is 7.84. The summed E-state index contributed by atoms with van der Waals surface area (Å²) >= 11 is 1.65. The molecule has 0 aliphatic rings. The number of carbonyl (C=O) groups is 1. The lowest BCUT2D eigenvalue weighted by Crippen LogP contribution is -2.38. The van der Waals surface area contributed by atoms with Crippen molar-refractivity contribution in [1.82, 2.24) is 10.2 Å². The Morgan fingerprint density at radius 1 is 1.12 bits per heavy atom. The average Bonchev–Trinajstić information content (AvgIpc) is 3.27. The van der Waals surface area contributed by atoms with Gasteiger partial charge in [-0.25, -0.2) is 4.79 Å². The highest BCUT2D eigenvalue weighted by atomic mass is 32.1. The summed E-state index contributed by atoms with van der Waals surface area (Å²) in [6, 6.07) is 15.7. The van der Waals surface area contributed by atoms with E-state index in [0.717, 1.165) is 16.2 Å². The van der Waals surface area contributed by atoms with Crippen LogP contribution < -0.4 is 5.32 Å². The quantitative estimate of drug-likeness (QED) is 0.715. The lowest BCUT2D eigenvalue weighted by Gasteiger charge is -2.22. The predicted octanol–water partition coefficient (Wildman–Crippen LogP) is 4.56. The van der Waals surface area contributed by atoms with Crippen molar-refractivity contribution in [3.8, 4) is 0 Å². The van der Waals surface area contributed by atoms with Crippen LogP contribution in [0.1, 0.15) is 21.8 Å². The van der Waals surface area contributed by atoms with Crippen LogP contribution in [0.5, 0.6) is 0 Å². The van der Waals surface area contributed by atoms with Gasteiger partial charge >= 0.3 is 6.03 Å². The van der Waals surface area contributed by atoms with Crippen LogP contribution in [0.25, 0.3) is 0 Å². The van der Waals surface area contributed by atoms with E-state index in [4.69, 9.17) is 4.42 Å². The molecule has 2 amide bonds. The zero-order valence-electron chi connectivity index (χ0n) is 13.6. The normalized spacial score (nSPS) is 10.5. The topological polar surface area (TPSA) is 45.5 Å². The van der Waals surface area contributed by atoms with E-state index in [9.17, 15) is 4.79 Å². The minimum absolute atomic E-state index is 0.0944. The lowest BCUT2D eigenvalue weighted by molar-refractivity contribution is 0.187. The van der Waals surface area contributed by atoms with Gasteiger partial charge in [0, 0.05) is 11.4 Å². The van der Waals surface area contributed by atoms with Gasteiger partial charge in [0.25, 0.3) is 0 Å². The first-order valence-electron chi connectivity index (χ1n) is 7.84. The number of carbonyl (C=O) groups excluding carboxylic acids is 1. The number of nitrogens with zero attached hydrogens (tertiary/aromatic N) is 1. The van der Waals surface area contributed by atoms with E-state index in [2.05, 4.69) is 5.32 Å². The molecule has 0 bridgehead atoms. The SMILES string of the molecule is Cc1ccccc1CNC(=O)N(Cc1ccco1)Cc1cccs1. The summed E-state index contributed by atoms with van der Waals surface area (Å²) in [5.41, 5.74) is 2.30. The third kappa shape index (κ3) is 4.26. The number of furan rings is 1. The largest absolute Gasteiger partial charge is 0.467 e. The van der Waals surface area contributed by atoms with E-state index in [-0.39, 0.29) is 6.03 Å². The average molecular weight is 340 g/mol. The lowest BCUT2D eigenvalue weighted by atomic mass is 10.1. The third-order valence-electron chi connectivity index (χ3n) is 3.83. The summed E-state index contributed by atoms with van der Waals surface area (Å²) < 4.78 is 5.40. The van der Waals surface area contributed by atoms with Crippen molar-refractivity contribution >= 4 is 17.4 Å². The summed E-state index contributed by atoms with van der Waals surface area (Å²) in [7, 11) is 0. The molecule has 0 aliphatic heterocycles. The van der Waals surface area contributed by atoms with Crippen molar-refractivity contribution in [1.29, 1.82) is 0 Å². The molecule has 2 aromatic heterocycles. The molecule has 5 heteroatoms. The number of rotatable bonds is 6. The van der Waals surface area contributed by atoms with Crippen molar-refractivity contribution in [3.05, 3.63) is 81.9 Å². The summed E-state index contributed by atoms with van der Waals surface area (Å²) in [6.45, 7) is 3.58. The van der Waals surface area contributed by atoms with Gasteiger partial charge in [-0.05, 0) is 41.6 Å². The first-order valence-corrected chi connectivity index (χ1v) is 8.72. The number of hydrogen-bond donors (Lipinski definition) is 1. The van der Waals surface area contributed by atoms with Crippen molar-refractivity contribution in [2.75, 3.05) is 0 Å². The van der Waals surface area contributed by atoms with E-state index < -0.39 is 0 Å². The highest BCUT2D eigenvalue weighted by Crippen LogP contribution is 2.15.